The average Bonchev–Trinajstić information content (AvgIpc) is 3.16. The molecule has 0 amide bonds. The van der Waals surface area contributed by atoms with E-state index < -0.39 is 21.8 Å². The minimum atomic E-state index is -4.50. The van der Waals surface area contributed by atoms with Crippen LogP contribution in [0.25, 0.3) is 0 Å². The van der Waals surface area contributed by atoms with Crippen molar-refractivity contribution in [3.63, 3.8) is 0 Å². The molecule has 0 spiro atoms. The van der Waals surface area contributed by atoms with Crippen LogP contribution in [0.5, 0.6) is 0 Å². The lowest BCUT2D eigenvalue weighted by molar-refractivity contribution is -0.137. The molecule has 0 aliphatic carbocycles. The fourth-order valence-corrected chi connectivity index (χ4v) is 6.19. The van der Waals surface area contributed by atoms with Crippen LogP contribution in [0.4, 0.5) is 24.5 Å². The van der Waals surface area contributed by atoms with Crippen molar-refractivity contribution in [2.24, 2.45) is 0 Å². The second kappa shape index (κ2) is 8.36. The van der Waals surface area contributed by atoms with Gasteiger partial charge in [0.1, 0.15) is 0 Å². The Labute approximate surface area is 197 Å². The molecule has 180 valence electrons. The Hall–Kier alpha value is -1.97. The van der Waals surface area contributed by atoms with Gasteiger partial charge in [-0.3, -0.25) is 0 Å². The van der Waals surface area contributed by atoms with Gasteiger partial charge in [-0.2, -0.15) is 17.5 Å². The predicted octanol–water partition coefficient (Wildman–Crippen LogP) is 5.03. The van der Waals surface area contributed by atoms with Crippen molar-refractivity contribution in [3.05, 3.63) is 52.5 Å². The van der Waals surface area contributed by atoms with Crippen molar-refractivity contribution in [1.29, 1.82) is 0 Å². The van der Waals surface area contributed by atoms with Crippen molar-refractivity contribution < 1.29 is 21.6 Å². The lowest BCUT2D eigenvalue weighted by Gasteiger charge is -2.36. The van der Waals surface area contributed by atoms with Gasteiger partial charge in [0.25, 0.3) is 0 Å². The number of anilines is 2. The SMILES string of the molecule is CC(C)(C)N1CCc2cc(S(=O)(=O)N3CCN(c4cc(Cl)cc(C(F)(F)F)c4)CC3)ccc21. The first-order chi connectivity index (χ1) is 15.3. The topological polar surface area (TPSA) is 43.9 Å². The second-order valence-electron chi connectivity index (χ2n) is 9.45. The summed E-state index contributed by atoms with van der Waals surface area (Å²) in [4.78, 5) is 4.27. The van der Waals surface area contributed by atoms with E-state index in [-0.39, 0.29) is 41.6 Å². The van der Waals surface area contributed by atoms with E-state index >= 15 is 0 Å². The highest BCUT2D eigenvalue weighted by atomic mass is 35.5. The zero-order chi connectivity index (χ0) is 24.2. The maximum Gasteiger partial charge on any atom is 0.416 e. The molecule has 2 aromatic rings. The standard InChI is InChI=1S/C23H27ClF3N3O2S/c1-22(2,3)30-7-6-16-12-20(4-5-21(16)30)33(31,32)29-10-8-28(9-11-29)19-14-17(23(25,26)27)13-18(24)15-19/h4-5,12-15H,6-11H2,1-3H3. The van der Waals surface area contributed by atoms with E-state index in [1.807, 2.05) is 6.07 Å². The molecule has 2 heterocycles. The molecule has 0 atom stereocenters. The van der Waals surface area contributed by atoms with E-state index in [1.54, 1.807) is 17.0 Å². The third-order valence-corrected chi connectivity index (χ3v) is 8.32. The summed E-state index contributed by atoms with van der Waals surface area (Å²) in [5, 5.41) is -0.00248. The Morgan fingerprint density at radius 3 is 2.18 bits per heavy atom. The van der Waals surface area contributed by atoms with Crippen LogP contribution >= 0.6 is 11.6 Å². The average molecular weight is 502 g/mol. The number of benzene rings is 2. The van der Waals surface area contributed by atoms with Crippen LogP contribution < -0.4 is 9.80 Å². The van der Waals surface area contributed by atoms with Crippen LogP contribution in [-0.4, -0.2) is 51.0 Å². The van der Waals surface area contributed by atoms with E-state index in [2.05, 4.69) is 25.7 Å². The molecule has 0 unspecified atom stereocenters. The van der Waals surface area contributed by atoms with E-state index in [0.29, 0.717) is 5.69 Å². The van der Waals surface area contributed by atoms with Gasteiger partial charge in [-0.05, 0) is 69.2 Å². The molecule has 0 saturated carbocycles. The van der Waals surface area contributed by atoms with Crippen LogP contribution in [-0.2, 0) is 22.6 Å². The molecular formula is C23H27ClF3N3O2S. The molecule has 0 bridgehead atoms. The predicted molar refractivity (Wildman–Crippen MR) is 125 cm³/mol. The highest BCUT2D eigenvalue weighted by Gasteiger charge is 2.34. The molecule has 5 nitrogen and oxygen atoms in total. The van der Waals surface area contributed by atoms with Gasteiger partial charge in [0.05, 0.1) is 10.5 Å². The van der Waals surface area contributed by atoms with Gasteiger partial charge in [0.15, 0.2) is 0 Å². The molecule has 1 saturated heterocycles. The van der Waals surface area contributed by atoms with Crippen molar-refractivity contribution in [2.45, 2.75) is 43.8 Å². The summed E-state index contributed by atoms with van der Waals surface area (Å²) in [5.74, 6) is 0. The summed E-state index contributed by atoms with van der Waals surface area (Å²) >= 11 is 5.90. The smallest absolute Gasteiger partial charge is 0.369 e. The number of piperazine rings is 1. The molecule has 0 radical (unpaired) electrons. The van der Waals surface area contributed by atoms with Gasteiger partial charge in [-0.15, -0.1) is 0 Å². The molecule has 2 aliphatic rings. The third kappa shape index (κ3) is 4.81. The molecule has 0 N–H and O–H groups in total. The number of rotatable bonds is 3. The van der Waals surface area contributed by atoms with Gasteiger partial charge in [-0.1, -0.05) is 11.6 Å². The van der Waals surface area contributed by atoms with Crippen LogP contribution in [0.1, 0.15) is 31.9 Å². The molecule has 2 aliphatic heterocycles. The van der Waals surface area contributed by atoms with E-state index in [9.17, 15) is 21.6 Å². The van der Waals surface area contributed by atoms with Gasteiger partial charge >= 0.3 is 6.18 Å². The van der Waals surface area contributed by atoms with Crippen molar-refractivity contribution >= 4 is 33.0 Å². The van der Waals surface area contributed by atoms with Gasteiger partial charge in [0, 0.05) is 54.7 Å². The zero-order valence-electron chi connectivity index (χ0n) is 18.8. The number of alkyl halides is 3. The Morgan fingerprint density at radius 2 is 1.58 bits per heavy atom. The normalized spacial score (nSPS) is 18.0. The number of sulfonamides is 1. The van der Waals surface area contributed by atoms with Crippen LogP contribution in [0.3, 0.4) is 0 Å². The molecule has 10 heteroatoms. The molecular weight excluding hydrogens is 475 g/mol. The summed E-state index contributed by atoms with van der Waals surface area (Å²) < 4.78 is 67.4. The fourth-order valence-electron chi connectivity index (χ4n) is 4.49. The second-order valence-corrected chi connectivity index (χ2v) is 11.8. The number of nitrogens with zero attached hydrogens (tertiary/aromatic N) is 3. The molecule has 1 fully saturated rings. The van der Waals surface area contributed by atoms with E-state index in [1.165, 1.54) is 10.4 Å². The van der Waals surface area contributed by atoms with Crippen LogP contribution in [0, 0.1) is 0 Å². The number of fused-ring (bicyclic) bond motifs is 1. The zero-order valence-corrected chi connectivity index (χ0v) is 20.4. The van der Waals surface area contributed by atoms with Crippen LogP contribution in [0.2, 0.25) is 5.02 Å². The minimum Gasteiger partial charge on any atom is -0.369 e. The first-order valence-electron chi connectivity index (χ1n) is 10.8. The van der Waals surface area contributed by atoms with Gasteiger partial charge in [-0.25, -0.2) is 8.42 Å². The maximum atomic E-state index is 13.3. The summed E-state index contributed by atoms with van der Waals surface area (Å²) in [5.41, 5.74) is 1.55. The monoisotopic (exact) mass is 501 g/mol. The van der Waals surface area contributed by atoms with E-state index in [0.717, 1.165) is 36.3 Å². The van der Waals surface area contributed by atoms with Gasteiger partial charge < -0.3 is 9.80 Å². The Morgan fingerprint density at radius 1 is 0.909 bits per heavy atom. The number of hydrogen-bond donors (Lipinski definition) is 0. The Kier molecular flexibility index (Phi) is 6.12. The molecule has 33 heavy (non-hydrogen) atoms. The summed E-state index contributed by atoms with van der Waals surface area (Å²) in [6.45, 7) is 8.15. The van der Waals surface area contributed by atoms with E-state index in [4.69, 9.17) is 11.6 Å². The number of halogens is 4. The fraction of sp³-hybridized carbons (Fsp3) is 0.478. The minimum absolute atomic E-state index is 0.00248. The van der Waals surface area contributed by atoms with Crippen molar-refractivity contribution in [2.75, 3.05) is 42.5 Å². The third-order valence-electron chi connectivity index (χ3n) is 6.21. The van der Waals surface area contributed by atoms with Crippen molar-refractivity contribution in [1.82, 2.24) is 4.31 Å². The van der Waals surface area contributed by atoms with Crippen LogP contribution in [0.15, 0.2) is 41.3 Å². The Balaban J connectivity index is 1.50. The van der Waals surface area contributed by atoms with Gasteiger partial charge in [0.2, 0.25) is 10.0 Å². The largest absolute Gasteiger partial charge is 0.416 e. The summed E-state index contributed by atoms with van der Waals surface area (Å²) in [6, 6.07) is 8.70. The van der Waals surface area contributed by atoms with Crippen molar-refractivity contribution in [3.8, 4) is 0 Å². The summed E-state index contributed by atoms with van der Waals surface area (Å²) in [6.07, 6.45) is -3.71. The molecule has 0 aromatic heterocycles. The Bertz CT molecular complexity index is 1150. The number of hydrogen-bond acceptors (Lipinski definition) is 4. The molecule has 4 rings (SSSR count). The maximum absolute atomic E-state index is 13.3. The summed E-state index contributed by atoms with van der Waals surface area (Å²) in [7, 11) is -3.70. The highest BCUT2D eigenvalue weighted by Crippen LogP contribution is 2.37. The lowest BCUT2D eigenvalue weighted by atomic mass is 10.1. The molecule has 2 aromatic carbocycles. The highest BCUT2D eigenvalue weighted by molar-refractivity contribution is 7.89. The quantitative estimate of drug-likeness (QED) is 0.591. The first kappa shape index (κ1) is 24.2. The first-order valence-corrected chi connectivity index (χ1v) is 12.6. The lowest BCUT2D eigenvalue weighted by Crippen LogP contribution is -2.48.